The van der Waals surface area contributed by atoms with Gasteiger partial charge in [0, 0.05) is 60.3 Å². The van der Waals surface area contributed by atoms with E-state index in [4.69, 9.17) is 21.2 Å². The third-order valence-corrected chi connectivity index (χ3v) is 4.54. The highest BCUT2D eigenvalue weighted by Crippen LogP contribution is 2.27. The van der Waals surface area contributed by atoms with Crippen molar-refractivity contribution in [2.75, 3.05) is 19.6 Å². The molecule has 1 amide bonds. The summed E-state index contributed by atoms with van der Waals surface area (Å²) >= 11 is 5.71. The van der Waals surface area contributed by atoms with Crippen LogP contribution in [0.5, 0.6) is 0 Å². The molecule has 0 unspecified atom stereocenters. The maximum atomic E-state index is 15.7. The highest BCUT2D eigenvalue weighted by atomic mass is 35.5. The number of hydrogen-bond acceptors (Lipinski definition) is 3. The van der Waals surface area contributed by atoms with Crippen molar-refractivity contribution < 1.29 is 23.2 Å². The molecule has 2 heterocycles. The predicted octanol–water partition coefficient (Wildman–Crippen LogP) is 3.92. The monoisotopic (exact) mass is 400 g/mol. The van der Waals surface area contributed by atoms with Crippen LogP contribution in [-0.2, 0) is 6.50 Å². The minimum Gasteiger partial charge on any atom is -0.338 e. The number of alkyl halides is 1. The van der Waals surface area contributed by atoms with Crippen LogP contribution in [0.1, 0.15) is 44.1 Å². The molecule has 7 heteroatoms. The number of carbonyl (C=O) groups excluding carboxylic acids is 1. The molecule has 1 aliphatic heterocycles. The van der Waals surface area contributed by atoms with Gasteiger partial charge >= 0.3 is 0 Å². The van der Waals surface area contributed by atoms with E-state index in [0.29, 0.717) is 0 Å². The largest absolute Gasteiger partial charge is 0.338 e. The minimum absolute atomic E-state index is 0.113. The van der Waals surface area contributed by atoms with Crippen molar-refractivity contribution in [2.24, 2.45) is 0 Å². The van der Waals surface area contributed by atoms with Gasteiger partial charge in [0.05, 0.1) is 10.7 Å². The average Bonchev–Trinajstić information content (AvgIpc) is 2.74. The van der Waals surface area contributed by atoms with Gasteiger partial charge in [-0.1, -0.05) is 17.7 Å². The fraction of sp³-hybridized carbons (Fsp3) is 0.400. The van der Waals surface area contributed by atoms with Gasteiger partial charge in [0.15, 0.2) is 0 Å². The lowest BCUT2D eigenvalue weighted by Crippen LogP contribution is -2.48. The number of hydrogen-bond donors (Lipinski definition) is 1. The molecule has 0 aliphatic carbocycles. The number of carbonyl (C=O) groups is 1. The van der Waals surface area contributed by atoms with Gasteiger partial charge in [0.1, 0.15) is 11.5 Å². The molecule has 1 aliphatic rings. The van der Waals surface area contributed by atoms with Crippen LogP contribution in [-0.4, -0.2) is 41.0 Å². The number of aryl methyl sites for hydroxylation is 1. The maximum absolute atomic E-state index is 15.7. The van der Waals surface area contributed by atoms with Crippen LogP contribution in [0, 0.1) is 12.7 Å². The summed E-state index contributed by atoms with van der Waals surface area (Å²) in [5.41, 5.74) is -2.83. The van der Waals surface area contributed by atoms with Crippen LogP contribution in [0.15, 0.2) is 36.5 Å². The number of aromatic nitrogens is 1. The Kier molecular flexibility index (Phi) is 3.82. The highest BCUT2D eigenvalue weighted by Gasteiger charge is 2.35. The molecule has 4 nitrogen and oxygen atoms in total. The predicted molar refractivity (Wildman–Crippen MR) is 101 cm³/mol. The first kappa shape index (κ1) is 12.4. The lowest BCUT2D eigenvalue weighted by molar-refractivity contribution is 0.0434. The Morgan fingerprint density at radius 3 is 2.81 bits per heavy atom. The fourth-order valence-corrected chi connectivity index (χ4v) is 2.86. The number of nitrogens with zero attached hydrogens (tertiary/aromatic N) is 2. The van der Waals surface area contributed by atoms with Crippen LogP contribution in [0.3, 0.4) is 0 Å². The number of benzene rings is 1. The van der Waals surface area contributed by atoms with Crippen molar-refractivity contribution in [3.63, 3.8) is 0 Å². The van der Waals surface area contributed by atoms with E-state index < -0.39 is 50.1 Å². The van der Waals surface area contributed by atoms with Gasteiger partial charge in [-0.3, -0.25) is 9.78 Å². The number of rotatable bonds is 5. The minimum atomic E-state index is -2.85. The second-order valence-electron chi connectivity index (χ2n) is 6.19. The normalized spacial score (nSPS) is 21.7. The molecule has 1 saturated heterocycles. The van der Waals surface area contributed by atoms with E-state index in [9.17, 15) is 9.18 Å². The Bertz CT molecular complexity index is 1060. The summed E-state index contributed by atoms with van der Waals surface area (Å²) in [5, 5.41) is 1.80. The van der Waals surface area contributed by atoms with Crippen molar-refractivity contribution in [1.29, 1.82) is 0 Å². The second kappa shape index (κ2) is 8.31. The van der Waals surface area contributed by atoms with Crippen LogP contribution in [0.4, 0.5) is 8.78 Å². The van der Waals surface area contributed by atoms with Gasteiger partial charge < -0.3 is 10.2 Å². The lowest BCUT2D eigenvalue weighted by atomic mass is 9.92. The summed E-state index contributed by atoms with van der Waals surface area (Å²) in [5.74, 6) is -1.19. The molecule has 0 radical (unpaired) electrons. The molecule has 144 valence electrons. The molecule has 27 heavy (non-hydrogen) atoms. The molecule has 0 bridgehead atoms. The zero-order valence-electron chi connectivity index (χ0n) is 21.2. The van der Waals surface area contributed by atoms with Crippen molar-refractivity contribution in [2.45, 2.75) is 31.9 Å². The quantitative estimate of drug-likeness (QED) is 0.827. The molecular formula is C20H22ClF2N3O. The first-order valence-corrected chi connectivity index (χ1v) is 8.63. The first-order chi connectivity index (χ1) is 15.6. The Morgan fingerprint density at radius 2 is 2.19 bits per heavy atom. The highest BCUT2D eigenvalue weighted by molar-refractivity contribution is 6.31. The summed E-state index contributed by atoms with van der Waals surface area (Å²) in [6.07, 6.45) is 0.124. The Morgan fingerprint density at radius 1 is 1.41 bits per heavy atom. The molecule has 0 spiro atoms. The first-order valence-electron chi connectivity index (χ1n) is 11.8. The molecule has 1 aromatic carbocycles. The molecule has 2 aromatic rings. The van der Waals surface area contributed by atoms with Crippen LogP contribution in [0.2, 0.25) is 5.02 Å². The Balaban J connectivity index is 1.70. The molecule has 1 aromatic heterocycles. The van der Waals surface area contributed by atoms with Gasteiger partial charge in [-0.15, -0.1) is 0 Å². The van der Waals surface area contributed by atoms with E-state index >= 15 is 4.39 Å². The van der Waals surface area contributed by atoms with E-state index in [1.807, 2.05) is 5.32 Å². The number of amides is 1. The standard InChI is InChI=1S/C20H22ClF2N3O/c1-14-2-4-16(25-11-14)12-24-13-20(23)6-8-26(9-7-20)19(27)15-3-5-18(22)17(21)10-15/h2-5,10-11,24H,6-9,12-13H2,1H3/i1D3,12D2,13D2. The van der Waals surface area contributed by atoms with Gasteiger partial charge in [0.25, 0.3) is 5.91 Å². The van der Waals surface area contributed by atoms with Crippen molar-refractivity contribution in [3.05, 3.63) is 64.2 Å². The van der Waals surface area contributed by atoms with Crippen LogP contribution >= 0.6 is 11.6 Å². The molecule has 1 fully saturated rings. The second-order valence-corrected chi connectivity index (χ2v) is 6.60. The molecular weight excluding hydrogens is 372 g/mol. The van der Waals surface area contributed by atoms with Gasteiger partial charge in [-0.2, -0.15) is 0 Å². The average molecular weight is 401 g/mol. The van der Waals surface area contributed by atoms with E-state index in [-0.39, 0.29) is 34.9 Å². The fourth-order valence-electron chi connectivity index (χ4n) is 2.68. The summed E-state index contributed by atoms with van der Waals surface area (Å²) < 4.78 is 83.8. The van der Waals surface area contributed by atoms with Crippen molar-refractivity contribution in [1.82, 2.24) is 15.2 Å². The number of piperidine rings is 1. The summed E-state index contributed by atoms with van der Waals surface area (Å²) in [7, 11) is 0. The molecule has 0 atom stereocenters. The van der Waals surface area contributed by atoms with Crippen molar-refractivity contribution in [3.8, 4) is 0 Å². The van der Waals surface area contributed by atoms with E-state index in [1.165, 1.54) is 11.0 Å². The Labute approximate surface area is 172 Å². The van der Waals surface area contributed by atoms with Gasteiger partial charge in [-0.05, 0) is 36.7 Å². The number of nitrogens with one attached hydrogen (secondary N) is 1. The third-order valence-electron chi connectivity index (χ3n) is 4.25. The zero-order chi connectivity index (χ0) is 25.5. The smallest absolute Gasteiger partial charge is 0.253 e. The number of halogens is 3. The SMILES string of the molecule is [2H]C([2H])([2H])c1ccc(C([2H])([2H])NC([2H])([2H])C2(F)CCN(C(=O)c3ccc(F)c(Cl)c3)CC2)nc1. The third kappa shape index (κ3) is 5.02. The van der Waals surface area contributed by atoms with Gasteiger partial charge in [-0.25, -0.2) is 8.78 Å². The zero-order valence-corrected chi connectivity index (χ0v) is 15.0. The summed E-state index contributed by atoms with van der Waals surface area (Å²) in [6.45, 7) is -8.21. The number of likely N-dealkylation sites (tertiary alicyclic amines) is 1. The van der Waals surface area contributed by atoms with Crippen molar-refractivity contribution >= 4 is 17.5 Å². The van der Waals surface area contributed by atoms with E-state index in [0.717, 1.165) is 30.5 Å². The topological polar surface area (TPSA) is 45.2 Å². The van der Waals surface area contributed by atoms with Crippen LogP contribution < -0.4 is 5.32 Å². The molecule has 1 N–H and O–H groups in total. The van der Waals surface area contributed by atoms with E-state index in [1.54, 1.807) is 0 Å². The summed E-state index contributed by atoms with van der Waals surface area (Å²) in [4.78, 5) is 17.7. The summed E-state index contributed by atoms with van der Waals surface area (Å²) in [6, 6.07) is 5.71. The Hall–Kier alpha value is -2.05. The van der Waals surface area contributed by atoms with E-state index in [2.05, 4.69) is 4.98 Å². The molecule has 0 saturated carbocycles. The van der Waals surface area contributed by atoms with Crippen LogP contribution in [0.25, 0.3) is 0 Å². The maximum Gasteiger partial charge on any atom is 0.253 e. The molecule has 3 rings (SSSR count). The lowest BCUT2D eigenvalue weighted by Gasteiger charge is -2.36. The number of pyridine rings is 1. The van der Waals surface area contributed by atoms with Gasteiger partial charge in [0.2, 0.25) is 0 Å².